The van der Waals surface area contributed by atoms with E-state index in [2.05, 4.69) is 47.8 Å². The van der Waals surface area contributed by atoms with Crippen LogP contribution in [0.1, 0.15) is 52.2 Å². The normalized spacial score (nSPS) is 26.9. The molecule has 5 heteroatoms. The molecule has 0 aromatic carbocycles. The first-order valence-electron chi connectivity index (χ1n) is 7.72. The third-order valence-electron chi connectivity index (χ3n) is 4.50. The van der Waals surface area contributed by atoms with E-state index in [0.29, 0.717) is 6.04 Å². The van der Waals surface area contributed by atoms with Crippen LogP contribution in [0.3, 0.4) is 0 Å². The standard InChI is InChI=1S/C15H26N4O/c1-14(2)10-11(15(3,4)20-14)16-8-7-13-18-17-12-6-5-9-19(12)13/h11,16H,5-10H2,1-4H3. The van der Waals surface area contributed by atoms with Gasteiger partial charge in [-0.15, -0.1) is 10.2 Å². The molecule has 112 valence electrons. The second-order valence-corrected chi connectivity index (χ2v) is 7.21. The second kappa shape index (κ2) is 4.81. The van der Waals surface area contributed by atoms with E-state index in [0.717, 1.165) is 44.0 Å². The van der Waals surface area contributed by atoms with Crippen molar-refractivity contribution in [3.63, 3.8) is 0 Å². The molecule has 1 aromatic rings. The minimum absolute atomic E-state index is 0.0305. The Bertz CT molecular complexity index is 492. The Kier molecular flexibility index (Phi) is 3.37. The van der Waals surface area contributed by atoms with Crippen molar-refractivity contribution in [2.45, 2.75) is 77.2 Å². The molecule has 3 heterocycles. The van der Waals surface area contributed by atoms with Gasteiger partial charge in [-0.2, -0.15) is 0 Å². The summed E-state index contributed by atoms with van der Waals surface area (Å²) in [6.45, 7) is 10.7. The third kappa shape index (κ3) is 2.61. The molecule has 0 amide bonds. The summed E-state index contributed by atoms with van der Waals surface area (Å²) in [5.74, 6) is 2.28. The first kappa shape index (κ1) is 14.0. The van der Waals surface area contributed by atoms with E-state index >= 15 is 0 Å². The summed E-state index contributed by atoms with van der Waals surface area (Å²) in [5, 5.41) is 12.2. The highest BCUT2D eigenvalue weighted by atomic mass is 16.5. The van der Waals surface area contributed by atoms with Gasteiger partial charge < -0.3 is 14.6 Å². The number of nitrogens with zero attached hydrogens (tertiary/aromatic N) is 3. The van der Waals surface area contributed by atoms with Gasteiger partial charge in [-0.05, 0) is 40.5 Å². The molecule has 5 nitrogen and oxygen atoms in total. The summed E-state index contributed by atoms with van der Waals surface area (Å²) in [4.78, 5) is 0. The quantitative estimate of drug-likeness (QED) is 0.911. The minimum Gasteiger partial charge on any atom is -0.368 e. The fourth-order valence-electron chi connectivity index (χ4n) is 3.63. The van der Waals surface area contributed by atoms with Crippen LogP contribution in [0, 0.1) is 0 Å². The summed E-state index contributed by atoms with van der Waals surface area (Å²) in [6, 6.07) is 0.401. The van der Waals surface area contributed by atoms with Crippen LogP contribution in [0.25, 0.3) is 0 Å². The van der Waals surface area contributed by atoms with Gasteiger partial charge in [-0.25, -0.2) is 0 Å². The van der Waals surface area contributed by atoms with E-state index in [-0.39, 0.29) is 11.2 Å². The number of nitrogens with one attached hydrogen (secondary N) is 1. The van der Waals surface area contributed by atoms with E-state index in [9.17, 15) is 0 Å². The Balaban J connectivity index is 1.55. The van der Waals surface area contributed by atoms with Gasteiger partial charge >= 0.3 is 0 Å². The molecule has 0 spiro atoms. The van der Waals surface area contributed by atoms with Crippen LogP contribution in [0.5, 0.6) is 0 Å². The average Bonchev–Trinajstić information content (AvgIpc) is 2.94. The van der Waals surface area contributed by atoms with Crippen LogP contribution in [0.2, 0.25) is 0 Å². The second-order valence-electron chi connectivity index (χ2n) is 7.21. The third-order valence-corrected chi connectivity index (χ3v) is 4.50. The topological polar surface area (TPSA) is 52.0 Å². The first-order valence-corrected chi connectivity index (χ1v) is 7.72. The van der Waals surface area contributed by atoms with Crippen LogP contribution in [-0.2, 0) is 24.1 Å². The Morgan fingerprint density at radius 2 is 2.10 bits per heavy atom. The fraction of sp³-hybridized carbons (Fsp3) is 0.867. The van der Waals surface area contributed by atoms with Crippen molar-refractivity contribution >= 4 is 0 Å². The number of rotatable bonds is 4. The molecular weight excluding hydrogens is 252 g/mol. The Morgan fingerprint density at radius 3 is 2.80 bits per heavy atom. The van der Waals surface area contributed by atoms with Gasteiger partial charge in [-0.1, -0.05) is 0 Å². The molecule has 1 N–H and O–H groups in total. The molecule has 20 heavy (non-hydrogen) atoms. The molecule has 1 atom stereocenters. The van der Waals surface area contributed by atoms with E-state index in [1.54, 1.807) is 0 Å². The summed E-state index contributed by atoms with van der Waals surface area (Å²) in [7, 11) is 0. The van der Waals surface area contributed by atoms with Crippen LogP contribution in [-0.4, -0.2) is 38.6 Å². The zero-order valence-corrected chi connectivity index (χ0v) is 13.1. The van der Waals surface area contributed by atoms with E-state index in [4.69, 9.17) is 4.74 Å². The zero-order chi connectivity index (χ0) is 14.4. The summed E-state index contributed by atoms with van der Waals surface area (Å²) in [5.41, 5.74) is -0.131. The molecule has 2 aliphatic heterocycles. The van der Waals surface area contributed by atoms with Crippen molar-refractivity contribution in [1.82, 2.24) is 20.1 Å². The molecule has 0 bridgehead atoms. The van der Waals surface area contributed by atoms with E-state index in [1.165, 1.54) is 6.42 Å². The zero-order valence-electron chi connectivity index (χ0n) is 13.1. The van der Waals surface area contributed by atoms with Crippen molar-refractivity contribution in [1.29, 1.82) is 0 Å². The largest absolute Gasteiger partial charge is 0.368 e. The number of hydrogen-bond acceptors (Lipinski definition) is 4. The fourth-order valence-corrected chi connectivity index (χ4v) is 3.63. The SMILES string of the molecule is CC1(C)CC(NCCc2nnc3n2CCC3)C(C)(C)O1. The molecule has 1 saturated heterocycles. The predicted molar refractivity (Wildman–Crippen MR) is 77.7 cm³/mol. The Labute approximate surface area is 121 Å². The number of fused-ring (bicyclic) bond motifs is 1. The molecule has 0 radical (unpaired) electrons. The van der Waals surface area contributed by atoms with E-state index < -0.39 is 0 Å². The lowest BCUT2D eigenvalue weighted by Gasteiger charge is -2.27. The van der Waals surface area contributed by atoms with Gasteiger partial charge in [0.1, 0.15) is 11.6 Å². The number of hydrogen-bond donors (Lipinski definition) is 1. The molecule has 3 rings (SSSR count). The van der Waals surface area contributed by atoms with Crippen LogP contribution >= 0.6 is 0 Å². The van der Waals surface area contributed by atoms with Gasteiger partial charge in [0.15, 0.2) is 0 Å². The molecule has 1 unspecified atom stereocenters. The summed E-state index contributed by atoms with van der Waals surface area (Å²) < 4.78 is 8.39. The summed E-state index contributed by atoms with van der Waals surface area (Å²) in [6.07, 6.45) is 4.29. The maximum atomic E-state index is 6.11. The Morgan fingerprint density at radius 1 is 1.30 bits per heavy atom. The van der Waals surface area contributed by atoms with Crippen molar-refractivity contribution in [3.05, 3.63) is 11.6 Å². The monoisotopic (exact) mass is 278 g/mol. The highest BCUT2D eigenvalue weighted by Gasteiger charge is 2.45. The van der Waals surface area contributed by atoms with Crippen molar-refractivity contribution in [2.75, 3.05) is 6.54 Å². The van der Waals surface area contributed by atoms with Crippen molar-refractivity contribution in [2.24, 2.45) is 0 Å². The van der Waals surface area contributed by atoms with Crippen molar-refractivity contribution in [3.8, 4) is 0 Å². The average molecular weight is 278 g/mol. The van der Waals surface area contributed by atoms with Gasteiger partial charge in [-0.3, -0.25) is 0 Å². The van der Waals surface area contributed by atoms with E-state index in [1.807, 2.05) is 0 Å². The lowest BCUT2D eigenvalue weighted by molar-refractivity contribution is -0.0697. The van der Waals surface area contributed by atoms with Crippen LogP contribution < -0.4 is 5.32 Å². The predicted octanol–water partition coefficient (Wildman–Crippen LogP) is 1.70. The van der Waals surface area contributed by atoms with Crippen LogP contribution in [0.15, 0.2) is 0 Å². The van der Waals surface area contributed by atoms with Gasteiger partial charge in [0.2, 0.25) is 0 Å². The highest BCUT2D eigenvalue weighted by molar-refractivity contribution is 5.02. The lowest BCUT2D eigenvalue weighted by atomic mass is 9.94. The molecular formula is C15H26N4O. The maximum Gasteiger partial charge on any atom is 0.134 e. The smallest absolute Gasteiger partial charge is 0.134 e. The van der Waals surface area contributed by atoms with Crippen molar-refractivity contribution < 1.29 is 4.74 Å². The number of ether oxygens (including phenoxy) is 1. The molecule has 1 fully saturated rings. The Hall–Kier alpha value is -0.940. The van der Waals surface area contributed by atoms with Gasteiger partial charge in [0.25, 0.3) is 0 Å². The number of aromatic nitrogens is 3. The van der Waals surface area contributed by atoms with Crippen LogP contribution in [0.4, 0.5) is 0 Å². The van der Waals surface area contributed by atoms with Gasteiger partial charge in [0.05, 0.1) is 11.2 Å². The molecule has 0 saturated carbocycles. The minimum atomic E-state index is -0.101. The summed E-state index contributed by atoms with van der Waals surface area (Å²) >= 11 is 0. The number of aryl methyl sites for hydroxylation is 1. The lowest BCUT2D eigenvalue weighted by Crippen LogP contribution is -2.44. The molecule has 1 aromatic heterocycles. The first-order chi connectivity index (χ1) is 9.37. The highest BCUT2D eigenvalue weighted by Crippen LogP contribution is 2.37. The maximum absolute atomic E-state index is 6.11. The van der Waals surface area contributed by atoms with Gasteiger partial charge in [0, 0.05) is 32.0 Å². The molecule has 0 aliphatic carbocycles. The molecule has 2 aliphatic rings.